The van der Waals surface area contributed by atoms with Crippen LogP contribution < -0.4 is 5.48 Å². The second-order valence-corrected chi connectivity index (χ2v) is 7.41. The number of carbonyl (C=O) groups excluding carboxylic acids is 1. The first-order chi connectivity index (χ1) is 13.6. The predicted molar refractivity (Wildman–Crippen MR) is 106 cm³/mol. The monoisotopic (exact) mass is 381 g/mol. The van der Waals surface area contributed by atoms with Crippen LogP contribution in [0.2, 0.25) is 0 Å². The van der Waals surface area contributed by atoms with Crippen molar-refractivity contribution in [3.63, 3.8) is 0 Å². The van der Waals surface area contributed by atoms with Gasteiger partial charge in [-0.1, -0.05) is 54.6 Å². The summed E-state index contributed by atoms with van der Waals surface area (Å²) in [5, 5.41) is 0. The van der Waals surface area contributed by atoms with Crippen molar-refractivity contribution in [1.29, 1.82) is 0 Å². The highest BCUT2D eigenvalue weighted by molar-refractivity contribution is 5.69. The molecule has 2 heterocycles. The molecule has 0 spiro atoms. The van der Waals surface area contributed by atoms with Crippen molar-refractivity contribution in [2.45, 2.75) is 38.7 Å². The van der Waals surface area contributed by atoms with Crippen LogP contribution in [0.15, 0.2) is 54.6 Å². The van der Waals surface area contributed by atoms with Gasteiger partial charge in [0, 0.05) is 13.1 Å². The number of ether oxygens (including phenoxy) is 1. The van der Waals surface area contributed by atoms with Gasteiger partial charge in [0.05, 0.1) is 13.2 Å². The lowest BCUT2D eigenvalue weighted by molar-refractivity contribution is -0.221. The van der Waals surface area contributed by atoms with Crippen molar-refractivity contribution in [1.82, 2.24) is 15.3 Å². The molecule has 2 unspecified atom stereocenters. The topological polar surface area (TPSA) is 54.0 Å². The zero-order chi connectivity index (χ0) is 19.6. The van der Waals surface area contributed by atoms with E-state index in [0.717, 1.165) is 25.1 Å². The molecular weight excluding hydrogens is 354 g/mol. The van der Waals surface area contributed by atoms with Crippen molar-refractivity contribution < 1.29 is 14.4 Å². The van der Waals surface area contributed by atoms with E-state index in [1.54, 1.807) is 4.90 Å². The molecule has 0 bridgehead atoms. The first-order valence-corrected chi connectivity index (χ1v) is 9.85. The minimum Gasteiger partial charge on any atom is -0.450 e. The molecule has 6 heteroatoms. The number of carbonyl (C=O) groups is 1. The van der Waals surface area contributed by atoms with Gasteiger partial charge in [0.1, 0.15) is 11.9 Å². The smallest absolute Gasteiger partial charge is 0.411 e. The van der Waals surface area contributed by atoms with Crippen molar-refractivity contribution in [2.75, 3.05) is 19.7 Å². The number of hydrogen-bond donors (Lipinski definition) is 1. The SMILES string of the molecule is CCOC(=O)N1CC(N2CCc3ccccc3C2)ONC1(C)c1ccccc1. The normalized spacial score (nSPS) is 25.2. The number of benzene rings is 2. The van der Waals surface area contributed by atoms with Crippen LogP contribution in [-0.4, -0.2) is 41.8 Å². The number of rotatable bonds is 3. The highest BCUT2D eigenvalue weighted by Crippen LogP contribution is 2.32. The third-order valence-corrected chi connectivity index (χ3v) is 5.66. The van der Waals surface area contributed by atoms with Crippen molar-refractivity contribution >= 4 is 6.09 Å². The van der Waals surface area contributed by atoms with Gasteiger partial charge in [0.25, 0.3) is 0 Å². The number of nitrogens with zero attached hydrogens (tertiary/aromatic N) is 2. The van der Waals surface area contributed by atoms with E-state index in [9.17, 15) is 4.79 Å². The molecule has 0 aromatic heterocycles. The molecule has 0 radical (unpaired) electrons. The second kappa shape index (κ2) is 7.91. The van der Waals surface area contributed by atoms with Crippen molar-refractivity contribution in [3.05, 3.63) is 71.3 Å². The van der Waals surface area contributed by atoms with Gasteiger partial charge in [-0.15, -0.1) is 0 Å². The lowest BCUT2D eigenvalue weighted by Gasteiger charge is -2.49. The molecule has 1 saturated heterocycles. The van der Waals surface area contributed by atoms with E-state index >= 15 is 0 Å². The van der Waals surface area contributed by atoms with Crippen LogP contribution in [0.25, 0.3) is 0 Å². The third kappa shape index (κ3) is 3.51. The van der Waals surface area contributed by atoms with Crippen molar-refractivity contribution in [3.8, 4) is 0 Å². The Balaban J connectivity index is 1.57. The quantitative estimate of drug-likeness (QED) is 0.885. The maximum atomic E-state index is 12.8. The van der Waals surface area contributed by atoms with Crippen LogP contribution in [0.4, 0.5) is 4.79 Å². The Labute approximate surface area is 166 Å². The largest absolute Gasteiger partial charge is 0.450 e. The fourth-order valence-electron chi connectivity index (χ4n) is 4.00. The van der Waals surface area contributed by atoms with E-state index in [4.69, 9.17) is 9.57 Å². The number of nitrogens with one attached hydrogen (secondary N) is 1. The molecule has 2 aliphatic heterocycles. The molecule has 28 heavy (non-hydrogen) atoms. The molecule has 2 aliphatic rings. The Hall–Kier alpha value is -2.41. The number of fused-ring (bicyclic) bond motifs is 1. The summed E-state index contributed by atoms with van der Waals surface area (Å²) >= 11 is 0. The molecule has 4 rings (SSSR count). The van der Waals surface area contributed by atoms with Gasteiger partial charge in [-0.05, 0) is 37.0 Å². The summed E-state index contributed by atoms with van der Waals surface area (Å²) in [7, 11) is 0. The van der Waals surface area contributed by atoms with Gasteiger partial charge >= 0.3 is 6.09 Å². The molecule has 2 atom stereocenters. The van der Waals surface area contributed by atoms with E-state index in [1.807, 2.05) is 44.2 Å². The first-order valence-electron chi connectivity index (χ1n) is 9.85. The molecule has 2 aromatic rings. The summed E-state index contributed by atoms with van der Waals surface area (Å²) < 4.78 is 5.36. The van der Waals surface area contributed by atoms with Crippen LogP contribution in [-0.2, 0) is 28.2 Å². The zero-order valence-corrected chi connectivity index (χ0v) is 16.4. The highest BCUT2D eigenvalue weighted by Gasteiger charge is 2.45. The maximum absolute atomic E-state index is 12.8. The fourth-order valence-corrected chi connectivity index (χ4v) is 4.00. The van der Waals surface area contributed by atoms with Gasteiger partial charge in [-0.25, -0.2) is 4.79 Å². The zero-order valence-electron chi connectivity index (χ0n) is 16.4. The predicted octanol–water partition coefficient (Wildman–Crippen LogP) is 3.24. The Morgan fingerprint density at radius 2 is 1.89 bits per heavy atom. The van der Waals surface area contributed by atoms with Crippen molar-refractivity contribution in [2.24, 2.45) is 0 Å². The molecule has 148 valence electrons. The Morgan fingerprint density at radius 1 is 1.18 bits per heavy atom. The maximum Gasteiger partial charge on any atom is 0.411 e. The number of hydrogen-bond acceptors (Lipinski definition) is 5. The summed E-state index contributed by atoms with van der Waals surface area (Å²) in [4.78, 5) is 22.9. The summed E-state index contributed by atoms with van der Waals surface area (Å²) in [6, 6.07) is 18.3. The summed E-state index contributed by atoms with van der Waals surface area (Å²) in [6.07, 6.45) is 0.396. The van der Waals surface area contributed by atoms with Gasteiger partial charge in [-0.2, -0.15) is 5.48 Å². The van der Waals surface area contributed by atoms with E-state index in [0.29, 0.717) is 13.2 Å². The molecule has 1 amide bonds. The third-order valence-electron chi connectivity index (χ3n) is 5.66. The van der Waals surface area contributed by atoms with E-state index in [2.05, 4.69) is 34.6 Å². The lowest BCUT2D eigenvalue weighted by Crippen LogP contribution is -2.66. The van der Waals surface area contributed by atoms with Crippen LogP contribution in [0.5, 0.6) is 0 Å². The van der Waals surface area contributed by atoms with Gasteiger partial charge < -0.3 is 4.74 Å². The molecule has 0 aliphatic carbocycles. The van der Waals surface area contributed by atoms with Crippen LogP contribution in [0.1, 0.15) is 30.5 Å². The minimum absolute atomic E-state index is 0.241. The van der Waals surface area contributed by atoms with Gasteiger partial charge in [0.2, 0.25) is 0 Å². The Kier molecular flexibility index (Phi) is 5.35. The summed E-state index contributed by atoms with van der Waals surface area (Å²) in [5.74, 6) is 0. The summed E-state index contributed by atoms with van der Waals surface area (Å²) in [5.41, 5.74) is 6.02. The first kappa shape index (κ1) is 18.9. The second-order valence-electron chi connectivity index (χ2n) is 7.41. The molecule has 6 nitrogen and oxygen atoms in total. The van der Waals surface area contributed by atoms with E-state index in [1.165, 1.54) is 11.1 Å². The standard InChI is InChI=1S/C22H27N3O3/c1-3-27-21(26)25-16-20(24-14-13-17-9-7-8-10-18(17)15-24)28-23-22(25,2)19-11-5-4-6-12-19/h4-12,20,23H,3,13-16H2,1-2H3. The molecular formula is C22H27N3O3. The van der Waals surface area contributed by atoms with E-state index < -0.39 is 5.66 Å². The van der Waals surface area contributed by atoms with Gasteiger partial charge in [0.15, 0.2) is 0 Å². The van der Waals surface area contributed by atoms with Gasteiger partial charge in [-0.3, -0.25) is 14.6 Å². The van der Waals surface area contributed by atoms with Crippen LogP contribution in [0.3, 0.4) is 0 Å². The molecule has 0 saturated carbocycles. The highest BCUT2D eigenvalue weighted by atomic mass is 16.7. The minimum atomic E-state index is -0.794. The van der Waals surface area contributed by atoms with Crippen LogP contribution in [0, 0.1) is 0 Å². The molecule has 1 fully saturated rings. The molecule has 1 N–H and O–H groups in total. The Morgan fingerprint density at radius 3 is 2.64 bits per heavy atom. The fraction of sp³-hybridized carbons (Fsp3) is 0.409. The average molecular weight is 381 g/mol. The summed E-state index contributed by atoms with van der Waals surface area (Å²) in [6.45, 7) is 6.23. The van der Waals surface area contributed by atoms with E-state index in [-0.39, 0.29) is 12.3 Å². The lowest BCUT2D eigenvalue weighted by atomic mass is 9.98. The molecule has 2 aromatic carbocycles. The van der Waals surface area contributed by atoms with Crippen LogP contribution >= 0.6 is 0 Å². The Bertz CT molecular complexity index is 829. The number of hydroxylamine groups is 1. The average Bonchev–Trinajstić information content (AvgIpc) is 2.74. The number of amides is 1.